The molecule has 0 unspecified atom stereocenters. The molecule has 0 heterocycles. The summed E-state index contributed by atoms with van der Waals surface area (Å²) in [6.07, 6.45) is 0. The van der Waals surface area contributed by atoms with Crippen LogP contribution in [0.1, 0.15) is 19.4 Å². The van der Waals surface area contributed by atoms with E-state index in [4.69, 9.17) is 0 Å². The zero-order valence-corrected chi connectivity index (χ0v) is 11.5. The summed E-state index contributed by atoms with van der Waals surface area (Å²) < 4.78 is 13.2. The van der Waals surface area contributed by atoms with E-state index in [1.54, 1.807) is 0 Å². The first-order valence-electron chi connectivity index (χ1n) is 6.25. The third kappa shape index (κ3) is 5.32. The average Bonchev–Trinajstić information content (AvgIpc) is 2.33. The first-order valence-corrected chi connectivity index (χ1v) is 6.25. The maximum absolute atomic E-state index is 13.2. The second kappa shape index (κ2) is 7.16. The van der Waals surface area contributed by atoms with Crippen molar-refractivity contribution in [1.82, 2.24) is 10.2 Å². The van der Waals surface area contributed by atoms with E-state index in [1.807, 2.05) is 7.05 Å². The number of likely N-dealkylation sites (N-methyl/N-ethyl adjacent to an activating group) is 1. The molecule has 0 amide bonds. The van der Waals surface area contributed by atoms with Gasteiger partial charge in [0.1, 0.15) is 5.82 Å². The molecule has 1 rings (SSSR count). The van der Waals surface area contributed by atoms with Crippen LogP contribution >= 0.6 is 0 Å². The fourth-order valence-electron chi connectivity index (χ4n) is 1.59. The van der Waals surface area contributed by atoms with Gasteiger partial charge in [0.15, 0.2) is 0 Å². The Kier molecular flexibility index (Phi) is 5.85. The van der Waals surface area contributed by atoms with Crippen molar-refractivity contribution < 1.29 is 9.31 Å². The molecular weight excluding hydrogens is 249 g/mol. The number of nitrogens with one attached hydrogen (secondary N) is 1. The lowest BCUT2D eigenvalue weighted by Gasteiger charge is -2.20. The van der Waals surface area contributed by atoms with Crippen molar-refractivity contribution in [3.63, 3.8) is 0 Å². The van der Waals surface area contributed by atoms with E-state index in [2.05, 4.69) is 24.1 Å². The Labute approximate surface area is 112 Å². The van der Waals surface area contributed by atoms with Crippen LogP contribution in [0.15, 0.2) is 18.2 Å². The van der Waals surface area contributed by atoms with Gasteiger partial charge in [-0.1, -0.05) is 0 Å². The first-order chi connectivity index (χ1) is 8.90. The predicted molar refractivity (Wildman–Crippen MR) is 72.5 cm³/mol. The number of halogens is 1. The molecule has 5 nitrogen and oxygen atoms in total. The van der Waals surface area contributed by atoms with Crippen molar-refractivity contribution in [2.45, 2.75) is 26.4 Å². The standard InChI is InChI=1S/C13H20FN3O2/c1-10(2)16(3)5-4-15-9-11-6-12(14)8-13(7-11)17(18)19/h6-8,10,15H,4-5,9H2,1-3H3. The average molecular weight is 269 g/mol. The van der Waals surface area contributed by atoms with Gasteiger partial charge in [-0.2, -0.15) is 0 Å². The van der Waals surface area contributed by atoms with Crippen LogP contribution < -0.4 is 5.32 Å². The Balaban J connectivity index is 2.47. The second-order valence-electron chi connectivity index (χ2n) is 4.83. The molecule has 0 saturated carbocycles. The molecule has 1 aromatic carbocycles. The van der Waals surface area contributed by atoms with Gasteiger partial charge in [-0.15, -0.1) is 0 Å². The molecule has 0 bridgehead atoms. The van der Waals surface area contributed by atoms with E-state index in [0.29, 0.717) is 18.2 Å². The number of nitrogens with zero attached hydrogens (tertiary/aromatic N) is 2. The lowest BCUT2D eigenvalue weighted by molar-refractivity contribution is -0.385. The minimum atomic E-state index is -0.584. The molecule has 0 aliphatic heterocycles. The third-order valence-corrected chi connectivity index (χ3v) is 3.01. The highest BCUT2D eigenvalue weighted by Crippen LogP contribution is 2.16. The van der Waals surface area contributed by atoms with Crippen LogP contribution in [0.2, 0.25) is 0 Å². The fraction of sp³-hybridized carbons (Fsp3) is 0.538. The van der Waals surface area contributed by atoms with Gasteiger partial charge in [-0.25, -0.2) is 4.39 Å². The molecule has 0 aromatic heterocycles. The summed E-state index contributed by atoms with van der Waals surface area (Å²) in [5.74, 6) is -0.578. The molecule has 0 aliphatic rings. The highest BCUT2D eigenvalue weighted by Gasteiger charge is 2.09. The highest BCUT2D eigenvalue weighted by atomic mass is 19.1. The number of nitro groups is 1. The van der Waals surface area contributed by atoms with E-state index in [9.17, 15) is 14.5 Å². The zero-order valence-electron chi connectivity index (χ0n) is 11.5. The van der Waals surface area contributed by atoms with Gasteiger partial charge in [0, 0.05) is 31.7 Å². The summed E-state index contributed by atoms with van der Waals surface area (Å²) >= 11 is 0. The molecule has 19 heavy (non-hydrogen) atoms. The third-order valence-electron chi connectivity index (χ3n) is 3.01. The minimum Gasteiger partial charge on any atom is -0.311 e. The van der Waals surface area contributed by atoms with Gasteiger partial charge < -0.3 is 10.2 Å². The first kappa shape index (κ1) is 15.5. The summed E-state index contributed by atoms with van der Waals surface area (Å²) in [5, 5.41) is 13.8. The lowest BCUT2D eigenvalue weighted by Crippen LogP contribution is -2.33. The normalized spacial score (nSPS) is 11.3. The smallest absolute Gasteiger partial charge is 0.272 e. The van der Waals surface area contributed by atoms with E-state index >= 15 is 0 Å². The van der Waals surface area contributed by atoms with Crippen LogP contribution in [0, 0.1) is 15.9 Å². The molecular formula is C13H20FN3O2. The molecule has 0 aliphatic carbocycles. The van der Waals surface area contributed by atoms with Gasteiger partial charge in [-0.3, -0.25) is 10.1 Å². The van der Waals surface area contributed by atoms with E-state index in [-0.39, 0.29) is 5.69 Å². The van der Waals surface area contributed by atoms with Gasteiger partial charge in [-0.05, 0) is 32.5 Å². The number of nitro benzene ring substituents is 1. The van der Waals surface area contributed by atoms with Crippen molar-refractivity contribution in [1.29, 1.82) is 0 Å². The van der Waals surface area contributed by atoms with Crippen LogP contribution in [-0.2, 0) is 6.54 Å². The summed E-state index contributed by atoms with van der Waals surface area (Å²) in [6, 6.07) is 4.10. The van der Waals surface area contributed by atoms with E-state index in [0.717, 1.165) is 19.2 Å². The highest BCUT2D eigenvalue weighted by molar-refractivity contribution is 5.35. The molecule has 0 atom stereocenters. The molecule has 0 radical (unpaired) electrons. The van der Waals surface area contributed by atoms with Crippen LogP contribution in [0.4, 0.5) is 10.1 Å². The van der Waals surface area contributed by atoms with Crippen LogP contribution in [0.25, 0.3) is 0 Å². The quantitative estimate of drug-likeness (QED) is 0.468. The van der Waals surface area contributed by atoms with Crippen molar-refractivity contribution in [3.8, 4) is 0 Å². The van der Waals surface area contributed by atoms with Gasteiger partial charge >= 0.3 is 0 Å². The summed E-state index contributed by atoms with van der Waals surface area (Å²) in [5.41, 5.74) is 0.370. The predicted octanol–water partition coefficient (Wildman–Crippen LogP) is 2.16. The number of hydrogen-bond acceptors (Lipinski definition) is 4. The Bertz CT molecular complexity index is 438. The Morgan fingerprint density at radius 3 is 2.68 bits per heavy atom. The maximum Gasteiger partial charge on any atom is 0.272 e. The summed E-state index contributed by atoms with van der Waals surface area (Å²) in [7, 11) is 2.03. The fourth-order valence-corrected chi connectivity index (χ4v) is 1.59. The molecule has 0 saturated heterocycles. The number of rotatable bonds is 7. The van der Waals surface area contributed by atoms with E-state index in [1.165, 1.54) is 12.1 Å². The van der Waals surface area contributed by atoms with Gasteiger partial charge in [0.2, 0.25) is 0 Å². The Morgan fingerprint density at radius 1 is 1.42 bits per heavy atom. The summed E-state index contributed by atoms with van der Waals surface area (Å²) in [6.45, 7) is 6.25. The van der Waals surface area contributed by atoms with Crippen LogP contribution in [0.3, 0.4) is 0 Å². The van der Waals surface area contributed by atoms with Crippen LogP contribution in [0.5, 0.6) is 0 Å². The maximum atomic E-state index is 13.2. The van der Waals surface area contributed by atoms with Crippen molar-refractivity contribution in [2.75, 3.05) is 20.1 Å². The van der Waals surface area contributed by atoms with Crippen molar-refractivity contribution in [3.05, 3.63) is 39.7 Å². The van der Waals surface area contributed by atoms with Gasteiger partial charge in [0.25, 0.3) is 5.69 Å². The number of hydrogen-bond donors (Lipinski definition) is 1. The van der Waals surface area contributed by atoms with E-state index < -0.39 is 10.7 Å². The molecule has 1 N–H and O–H groups in total. The van der Waals surface area contributed by atoms with Gasteiger partial charge in [0.05, 0.1) is 11.0 Å². The molecule has 6 heteroatoms. The molecule has 106 valence electrons. The number of non-ortho nitro benzene ring substituents is 1. The molecule has 0 spiro atoms. The Morgan fingerprint density at radius 2 is 2.11 bits per heavy atom. The zero-order chi connectivity index (χ0) is 14.4. The minimum absolute atomic E-state index is 0.212. The van der Waals surface area contributed by atoms with Crippen molar-refractivity contribution >= 4 is 5.69 Å². The van der Waals surface area contributed by atoms with Crippen LogP contribution in [-0.4, -0.2) is 36.0 Å². The molecule has 0 fully saturated rings. The monoisotopic (exact) mass is 269 g/mol. The summed E-state index contributed by atoms with van der Waals surface area (Å²) in [4.78, 5) is 12.2. The number of benzene rings is 1. The SMILES string of the molecule is CC(C)N(C)CCNCc1cc(F)cc([N+](=O)[O-])c1. The Hall–Kier alpha value is -1.53. The topological polar surface area (TPSA) is 58.4 Å². The largest absolute Gasteiger partial charge is 0.311 e. The van der Waals surface area contributed by atoms with Crippen molar-refractivity contribution in [2.24, 2.45) is 0 Å². The second-order valence-corrected chi connectivity index (χ2v) is 4.83. The lowest BCUT2D eigenvalue weighted by atomic mass is 10.2. The molecule has 1 aromatic rings.